The lowest BCUT2D eigenvalue weighted by Gasteiger charge is -2.05. The highest BCUT2D eigenvalue weighted by atomic mass is 16.1. The van der Waals surface area contributed by atoms with Crippen molar-refractivity contribution < 1.29 is 9.59 Å². The molecule has 2 rings (SSSR count). The van der Waals surface area contributed by atoms with Crippen LogP contribution in [0.1, 0.15) is 27.6 Å². The second-order valence-electron chi connectivity index (χ2n) is 4.38. The molecule has 1 amide bonds. The maximum Gasteiger partial charge on any atom is 0.255 e. The lowest BCUT2D eigenvalue weighted by atomic mass is 10.1. The number of benzene rings is 2. The number of amides is 1. The van der Waals surface area contributed by atoms with Gasteiger partial charge in [0, 0.05) is 22.9 Å². The molecule has 2 aromatic rings. The molecule has 0 saturated heterocycles. The predicted octanol–water partition coefficient (Wildman–Crippen LogP) is 3.20. The van der Waals surface area contributed by atoms with Crippen molar-refractivity contribution in [3.05, 3.63) is 83.6 Å². The first kappa shape index (κ1) is 13.7. The first-order chi connectivity index (χ1) is 9.66. The summed E-state index contributed by atoms with van der Waals surface area (Å²) in [6.07, 6.45) is 1.43. The van der Waals surface area contributed by atoms with Gasteiger partial charge in [0.25, 0.3) is 5.91 Å². The summed E-state index contributed by atoms with van der Waals surface area (Å²) in [4.78, 5) is 23.9. The summed E-state index contributed by atoms with van der Waals surface area (Å²) in [5, 5.41) is 2.70. The number of hydrogen-bond donors (Lipinski definition) is 1. The Morgan fingerprint density at radius 1 is 0.850 bits per heavy atom. The van der Waals surface area contributed by atoms with Gasteiger partial charge in [0.1, 0.15) is 0 Å². The quantitative estimate of drug-likeness (QED) is 0.681. The SMILES string of the molecule is C/C(=C/C(=O)c1ccccc1)NC(=O)c1ccccc1. The van der Waals surface area contributed by atoms with Crippen LogP contribution in [0.3, 0.4) is 0 Å². The molecule has 2 aromatic carbocycles. The summed E-state index contributed by atoms with van der Waals surface area (Å²) >= 11 is 0. The van der Waals surface area contributed by atoms with Crippen molar-refractivity contribution in [3.8, 4) is 0 Å². The molecule has 20 heavy (non-hydrogen) atoms. The zero-order valence-corrected chi connectivity index (χ0v) is 11.2. The summed E-state index contributed by atoms with van der Waals surface area (Å²) in [5.41, 5.74) is 1.68. The molecule has 0 atom stereocenters. The first-order valence-corrected chi connectivity index (χ1v) is 6.31. The van der Waals surface area contributed by atoms with Gasteiger partial charge < -0.3 is 5.32 Å². The normalized spacial score (nSPS) is 10.9. The van der Waals surface area contributed by atoms with Crippen molar-refractivity contribution in [2.45, 2.75) is 6.92 Å². The van der Waals surface area contributed by atoms with Crippen LogP contribution < -0.4 is 5.32 Å². The second-order valence-corrected chi connectivity index (χ2v) is 4.38. The highest BCUT2D eigenvalue weighted by Gasteiger charge is 2.06. The highest BCUT2D eigenvalue weighted by molar-refractivity contribution is 6.05. The molecule has 0 bridgehead atoms. The summed E-state index contributed by atoms with van der Waals surface area (Å²) in [5.74, 6) is -0.350. The van der Waals surface area contributed by atoms with E-state index in [1.54, 1.807) is 55.5 Å². The molecule has 0 fully saturated rings. The van der Waals surface area contributed by atoms with E-state index in [4.69, 9.17) is 0 Å². The lowest BCUT2D eigenvalue weighted by Crippen LogP contribution is -2.21. The van der Waals surface area contributed by atoms with E-state index in [1.165, 1.54) is 6.08 Å². The van der Waals surface area contributed by atoms with Gasteiger partial charge >= 0.3 is 0 Å². The van der Waals surface area contributed by atoms with Crippen LogP contribution in [-0.2, 0) is 0 Å². The van der Waals surface area contributed by atoms with Gasteiger partial charge in [-0.05, 0) is 19.1 Å². The number of carbonyl (C=O) groups excluding carboxylic acids is 2. The number of rotatable bonds is 4. The molecule has 0 saturated carbocycles. The minimum atomic E-state index is -0.222. The van der Waals surface area contributed by atoms with Crippen molar-refractivity contribution in [1.82, 2.24) is 5.32 Å². The number of ketones is 1. The third-order valence-electron chi connectivity index (χ3n) is 2.75. The van der Waals surface area contributed by atoms with Crippen molar-refractivity contribution in [3.63, 3.8) is 0 Å². The van der Waals surface area contributed by atoms with Crippen LogP contribution in [0.2, 0.25) is 0 Å². The zero-order chi connectivity index (χ0) is 14.4. The molecule has 0 aromatic heterocycles. The van der Waals surface area contributed by atoms with E-state index in [0.717, 1.165) is 0 Å². The van der Waals surface area contributed by atoms with E-state index < -0.39 is 0 Å². The Bertz CT molecular complexity index is 631. The number of nitrogens with one attached hydrogen (secondary N) is 1. The Labute approximate surface area is 117 Å². The molecule has 1 N–H and O–H groups in total. The summed E-state index contributed by atoms with van der Waals surface area (Å²) in [6.45, 7) is 1.70. The maximum absolute atomic E-state index is 11.9. The van der Waals surface area contributed by atoms with Gasteiger partial charge in [-0.3, -0.25) is 9.59 Å². The fourth-order valence-corrected chi connectivity index (χ4v) is 1.76. The Morgan fingerprint density at radius 3 is 1.90 bits per heavy atom. The van der Waals surface area contributed by atoms with Crippen molar-refractivity contribution in [2.24, 2.45) is 0 Å². The third kappa shape index (κ3) is 3.65. The van der Waals surface area contributed by atoms with E-state index in [9.17, 15) is 9.59 Å². The molecule has 0 heterocycles. The minimum Gasteiger partial charge on any atom is -0.326 e. The van der Waals surface area contributed by atoms with Gasteiger partial charge in [-0.15, -0.1) is 0 Å². The smallest absolute Gasteiger partial charge is 0.255 e. The molecule has 0 spiro atoms. The number of allylic oxidation sites excluding steroid dienone is 2. The predicted molar refractivity (Wildman–Crippen MR) is 78.4 cm³/mol. The molecular formula is C17H15NO2. The van der Waals surface area contributed by atoms with E-state index in [-0.39, 0.29) is 11.7 Å². The van der Waals surface area contributed by atoms with Crippen molar-refractivity contribution >= 4 is 11.7 Å². The fourth-order valence-electron chi connectivity index (χ4n) is 1.76. The van der Waals surface area contributed by atoms with Gasteiger partial charge in [-0.25, -0.2) is 0 Å². The first-order valence-electron chi connectivity index (χ1n) is 6.31. The van der Waals surface area contributed by atoms with Crippen LogP contribution in [0.5, 0.6) is 0 Å². The van der Waals surface area contributed by atoms with Crippen LogP contribution in [-0.4, -0.2) is 11.7 Å². The molecule has 0 unspecified atom stereocenters. The average molecular weight is 265 g/mol. The summed E-state index contributed by atoms with van der Waals surface area (Å²) in [6, 6.07) is 17.8. The Balaban J connectivity index is 2.05. The minimum absolute atomic E-state index is 0.128. The van der Waals surface area contributed by atoms with Gasteiger partial charge in [0.15, 0.2) is 5.78 Å². The third-order valence-corrected chi connectivity index (χ3v) is 2.75. The molecule has 0 aliphatic heterocycles. The second kappa shape index (κ2) is 6.48. The van der Waals surface area contributed by atoms with Crippen LogP contribution in [0.4, 0.5) is 0 Å². The number of carbonyl (C=O) groups is 2. The van der Waals surface area contributed by atoms with Crippen molar-refractivity contribution in [1.29, 1.82) is 0 Å². The van der Waals surface area contributed by atoms with E-state index in [0.29, 0.717) is 16.8 Å². The van der Waals surface area contributed by atoms with E-state index >= 15 is 0 Å². The van der Waals surface area contributed by atoms with Crippen LogP contribution in [0.15, 0.2) is 72.4 Å². The van der Waals surface area contributed by atoms with Gasteiger partial charge in [0.05, 0.1) is 0 Å². The van der Waals surface area contributed by atoms with Crippen LogP contribution >= 0.6 is 0 Å². The standard InChI is InChI=1S/C17H15NO2/c1-13(12-16(19)14-8-4-2-5-9-14)18-17(20)15-10-6-3-7-11-15/h2-12H,1H3,(H,18,20)/b13-12-. The van der Waals surface area contributed by atoms with Gasteiger partial charge in [-0.2, -0.15) is 0 Å². The highest BCUT2D eigenvalue weighted by Crippen LogP contribution is 2.04. The zero-order valence-electron chi connectivity index (χ0n) is 11.2. The van der Waals surface area contributed by atoms with Gasteiger partial charge in [-0.1, -0.05) is 48.5 Å². The summed E-state index contributed by atoms with van der Waals surface area (Å²) < 4.78 is 0. The molecule has 100 valence electrons. The number of hydrogen-bond acceptors (Lipinski definition) is 2. The van der Waals surface area contributed by atoms with E-state index in [2.05, 4.69) is 5.32 Å². The largest absolute Gasteiger partial charge is 0.326 e. The van der Waals surface area contributed by atoms with Crippen LogP contribution in [0.25, 0.3) is 0 Å². The monoisotopic (exact) mass is 265 g/mol. The topological polar surface area (TPSA) is 46.2 Å². The van der Waals surface area contributed by atoms with Crippen LogP contribution in [0, 0.1) is 0 Å². The molecule has 3 heteroatoms. The maximum atomic E-state index is 11.9. The fraction of sp³-hybridized carbons (Fsp3) is 0.0588. The summed E-state index contributed by atoms with van der Waals surface area (Å²) in [7, 11) is 0. The lowest BCUT2D eigenvalue weighted by molar-refractivity contribution is 0.0966. The average Bonchev–Trinajstić information content (AvgIpc) is 2.49. The molecule has 0 aliphatic carbocycles. The van der Waals surface area contributed by atoms with Crippen molar-refractivity contribution in [2.75, 3.05) is 0 Å². The molecule has 0 aliphatic rings. The molecule has 0 radical (unpaired) electrons. The Morgan fingerprint density at radius 2 is 1.35 bits per heavy atom. The molecule has 3 nitrogen and oxygen atoms in total. The Hall–Kier alpha value is -2.68. The Kier molecular flexibility index (Phi) is 4.45. The van der Waals surface area contributed by atoms with E-state index in [1.807, 2.05) is 12.1 Å². The molecular weight excluding hydrogens is 250 g/mol. The van der Waals surface area contributed by atoms with Gasteiger partial charge in [0.2, 0.25) is 0 Å².